The second-order valence-electron chi connectivity index (χ2n) is 6.19. The molecule has 6 N–H and O–H groups in total. The van der Waals surface area contributed by atoms with Gasteiger partial charge in [-0.25, -0.2) is 0 Å². The summed E-state index contributed by atoms with van der Waals surface area (Å²) in [4.78, 5) is 15.7. The second kappa shape index (κ2) is 15.1. The van der Waals surface area contributed by atoms with Crippen molar-refractivity contribution in [3.05, 3.63) is 29.8 Å². The van der Waals surface area contributed by atoms with E-state index in [9.17, 15) is 13.2 Å². The van der Waals surface area contributed by atoms with Gasteiger partial charge in [-0.05, 0) is 36.6 Å². The third-order valence-electron chi connectivity index (χ3n) is 3.51. The summed E-state index contributed by atoms with van der Waals surface area (Å²) in [5.74, 6) is 1.30. The molecule has 0 aliphatic heterocycles. The number of guanidine groups is 1. The minimum absolute atomic E-state index is 0.115. The number of nitrogens with two attached hydrogens (primary N) is 2. The summed E-state index contributed by atoms with van der Waals surface area (Å²) in [5.41, 5.74) is 11.4. The maximum atomic E-state index is 11.8. The lowest BCUT2D eigenvalue weighted by Gasteiger charge is -2.07. The summed E-state index contributed by atoms with van der Waals surface area (Å²) in [6.45, 7) is 1.31. The van der Waals surface area contributed by atoms with E-state index in [-0.39, 0.29) is 11.9 Å². The number of methoxy groups -OCH3 is 2. The molecule has 0 atom stereocenters. The van der Waals surface area contributed by atoms with Crippen molar-refractivity contribution in [3.63, 3.8) is 0 Å². The van der Waals surface area contributed by atoms with Crippen LogP contribution in [-0.4, -0.2) is 58.4 Å². The Kier molecular flexibility index (Phi) is 13.7. The Hall–Kier alpha value is -2.79. The van der Waals surface area contributed by atoms with Gasteiger partial charge in [0.15, 0.2) is 17.5 Å². The minimum Gasteiger partial charge on any atom is -0.493 e. The normalized spacial score (nSPS) is 10.7. The molecule has 0 aliphatic rings. The van der Waals surface area contributed by atoms with Crippen molar-refractivity contribution in [1.29, 1.82) is 0 Å². The SMILES string of the molecule is COc1ccc(/C=C/C(=O)NCCCCCCN=C(N)N)cc1OC.CS(=O)(=O)O. The predicted octanol–water partition coefficient (Wildman–Crippen LogP) is 1.17. The number of ether oxygens (including phenoxy) is 2. The van der Waals surface area contributed by atoms with E-state index in [1.807, 2.05) is 12.1 Å². The van der Waals surface area contributed by atoms with Gasteiger partial charge in [0, 0.05) is 19.2 Å². The molecule has 0 fully saturated rings. The van der Waals surface area contributed by atoms with Crippen molar-refractivity contribution in [2.24, 2.45) is 16.5 Å². The third kappa shape index (κ3) is 16.2. The molecule has 1 aromatic rings. The quantitative estimate of drug-likeness (QED) is 0.130. The number of hydrogen-bond acceptors (Lipinski definition) is 6. The molecule has 0 bridgehead atoms. The molecule has 10 nitrogen and oxygen atoms in total. The Morgan fingerprint density at radius 3 is 2.30 bits per heavy atom. The molecule has 0 unspecified atom stereocenters. The van der Waals surface area contributed by atoms with Gasteiger partial charge in [0.05, 0.1) is 20.5 Å². The van der Waals surface area contributed by atoms with E-state index >= 15 is 0 Å². The molecular formula is C19H32N4O6S. The molecule has 1 amide bonds. The number of benzene rings is 1. The molecule has 1 rings (SSSR count). The molecule has 0 saturated heterocycles. The summed E-state index contributed by atoms with van der Waals surface area (Å²) in [7, 11) is -0.503. The molecule has 0 aromatic heterocycles. The van der Waals surface area contributed by atoms with Gasteiger partial charge in [-0.3, -0.25) is 14.3 Å². The lowest BCUT2D eigenvalue weighted by Crippen LogP contribution is -2.23. The van der Waals surface area contributed by atoms with Crippen molar-refractivity contribution in [2.75, 3.05) is 33.6 Å². The zero-order valence-electron chi connectivity index (χ0n) is 17.6. The van der Waals surface area contributed by atoms with Crippen LogP contribution in [0.1, 0.15) is 31.2 Å². The van der Waals surface area contributed by atoms with Crippen molar-refractivity contribution in [1.82, 2.24) is 5.32 Å². The van der Waals surface area contributed by atoms with E-state index in [0.717, 1.165) is 31.2 Å². The maximum absolute atomic E-state index is 11.8. The number of carbonyl (C=O) groups excluding carboxylic acids is 1. The van der Waals surface area contributed by atoms with Gasteiger partial charge >= 0.3 is 0 Å². The van der Waals surface area contributed by atoms with Crippen molar-refractivity contribution in [3.8, 4) is 11.5 Å². The van der Waals surface area contributed by atoms with Crippen LogP contribution in [0.3, 0.4) is 0 Å². The Balaban J connectivity index is 0.00000150. The molecule has 170 valence electrons. The Bertz CT molecular complexity index is 797. The number of hydrogen-bond donors (Lipinski definition) is 4. The van der Waals surface area contributed by atoms with Crippen molar-refractivity contribution in [2.45, 2.75) is 25.7 Å². The average Bonchev–Trinajstić information content (AvgIpc) is 2.66. The number of aliphatic imine (C=N–C) groups is 1. The van der Waals surface area contributed by atoms with Gasteiger partial charge in [0.25, 0.3) is 10.1 Å². The summed E-state index contributed by atoms with van der Waals surface area (Å²) in [5, 5.41) is 2.86. The monoisotopic (exact) mass is 444 g/mol. The topological polar surface area (TPSA) is 166 Å². The Morgan fingerprint density at radius 1 is 1.13 bits per heavy atom. The van der Waals surface area contributed by atoms with E-state index < -0.39 is 10.1 Å². The summed E-state index contributed by atoms with van der Waals surface area (Å²) in [6, 6.07) is 5.49. The number of amides is 1. The van der Waals surface area contributed by atoms with Gasteiger partial charge < -0.3 is 26.3 Å². The van der Waals surface area contributed by atoms with Gasteiger partial charge in [-0.2, -0.15) is 8.42 Å². The molecule has 11 heteroatoms. The highest BCUT2D eigenvalue weighted by Crippen LogP contribution is 2.27. The van der Waals surface area contributed by atoms with Crippen LogP contribution < -0.4 is 26.3 Å². The molecule has 1 aromatic carbocycles. The van der Waals surface area contributed by atoms with Gasteiger partial charge in [0.2, 0.25) is 5.91 Å². The molecule has 0 spiro atoms. The first-order valence-corrected chi connectivity index (χ1v) is 11.1. The lowest BCUT2D eigenvalue weighted by atomic mass is 10.2. The fourth-order valence-electron chi connectivity index (χ4n) is 2.20. The van der Waals surface area contributed by atoms with Crippen molar-refractivity contribution >= 4 is 28.1 Å². The standard InChI is InChI=1S/C18H28N4O3.CH4O3S/c1-24-15-9-7-14(13-16(15)25-2)8-10-17(23)21-11-5-3-4-6-12-22-18(19)20;1-5(2,3)4/h7-10,13H,3-6,11-12H2,1-2H3,(H,21,23)(H4,19,20,22);1H3,(H,2,3,4)/b10-8+;. The second-order valence-corrected chi connectivity index (χ2v) is 7.66. The zero-order valence-corrected chi connectivity index (χ0v) is 18.4. The Morgan fingerprint density at radius 2 is 1.73 bits per heavy atom. The van der Waals surface area contributed by atoms with Crippen LogP contribution >= 0.6 is 0 Å². The largest absolute Gasteiger partial charge is 0.493 e. The third-order valence-corrected chi connectivity index (χ3v) is 3.51. The van der Waals surface area contributed by atoms with Crippen LogP contribution in [0.2, 0.25) is 0 Å². The predicted molar refractivity (Wildman–Crippen MR) is 118 cm³/mol. The highest BCUT2D eigenvalue weighted by molar-refractivity contribution is 7.85. The minimum atomic E-state index is -3.67. The van der Waals surface area contributed by atoms with Crippen molar-refractivity contribution < 1.29 is 27.2 Å². The first kappa shape index (κ1) is 27.2. The van der Waals surface area contributed by atoms with Crippen LogP contribution in [0, 0.1) is 0 Å². The molecule has 0 heterocycles. The summed E-state index contributed by atoms with van der Waals surface area (Å²) < 4.78 is 36.3. The van der Waals surface area contributed by atoms with Gasteiger partial charge in [-0.1, -0.05) is 18.9 Å². The average molecular weight is 445 g/mol. The number of carbonyl (C=O) groups is 1. The molecule has 30 heavy (non-hydrogen) atoms. The first-order chi connectivity index (χ1) is 14.1. The first-order valence-electron chi connectivity index (χ1n) is 9.22. The maximum Gasteiger partial charge on any atom is 0.261 e. The molecular weight excluding hydrogens is 412 g/mol. The van der Waals surface area contributed by atoms with Gasteiger partial charge in [0.1, 0.15) is 0 Å². The van der Waals surface area contributed by atoms with E-state index in [4.69, 9.17) is 25.5 Å². The number of nitrogens with one attached hydrogen (secondary N) is 1. The van der Waals surface area contributed by atoms with Crippen LogP contribution in [0.15, 0.2) is 29.3 Å². The molecule has 0 aliphatic carbocycles. The van der Waals surface area contributed by atoms with E-state index in [2.05, 4.69) is 10.3 Å². The highest BCUT2D eigenvalue weighted by atomic mass is 32.2. The smallest absolute Gasteiger partial charge is 0.261 e. The molecule has 0 saturated carbocycles. The number of unbranched alkanes of at least 4 members (excludes halogenated alkanes) is 3. The van der Waals surface area contributed by atoms with E-state index in [1.165, 1.54) is 6.08 Å². The van der Waals surface area contributed by atoms with Crippen LogP contribution in [0.5, 0.6) is 11.5 Å². The Labute approximate surface area is 178 Å². The highest BCUT2D eigenvalue weighted by Gasteiger charge is 2.03. The fourth-order valence-corrected chi connectivity index (χ4v) is 2.20. The summed E-state index contributed by atoms with van der Waals surface area (Å²) in [6.07, 6.45) is 7.91. The van der Waals surface area contributed by atoms with E-state index in [1.54, 1.807) is 26.4 Å². The van der Waals surface area contributed by atoms with Crippen LogP contribution in [0.25, 0.3) is 6.08 Å². The fraction of sp³-hybridized carbons (Fsp3) is 0.474. The zero-order chi connectivity index (χ0) is 23.0. The number of rotatable bonds is 11. The lowest BCUT2D eigenvalue weighted by molar-refractivity contribution is -0.116. The van der Waals surface area contributed by atoms with Crippen LogP contribution in [0.4, 0.5) is 0 Å². The van der Waals surface area contributed by atoms with E-state index in [0.29, 0.717) is 30.8 Å². The van der Waals surface area contributed by atoms with Gasteiger partial charge in [-0.15, -0.1) is 0 Å². The summed E-state index contributed by atoms with van der Waals surface area (Å²) >= 11 is 0. The molecule has 0 radical (unpaired) electrons. The van der Waals surface area contributed by atoms with Crippen LogP contribution in [-0.2, 0) is 14.9 Å². The number of nitrogens with zero attached hydrogens (tertiary/aromatic N) is 1.